The van der Waals surface area contributed by atoms with Crippen LogP contribution in [-0.4, -0.2) is 23.1 Å². The summed E-state index contributed by atoms with van der Waals surface area (Å²) in [5.41, 5.74) is 0. The maximum atomic E-state index is 8.62. The molecule has 0 aromatic heterocycles. The molecular weight excluding hydrogens is 138 g/mol. The maximum absolute atomic E-state index is 8.62. The Labute approximate surface area is 47.2 Å². The summed E-state index contributed by atoms with van der Waals surface area (Å²) in [4.78, 5) is 17.2. The molecule has 0 unspecified atom stereocenters. The summed E-state index contributed by atoms with van der Waals surface area (Å²) < 4.78 is 3.84. The van der Waals surface area contributed by atoms with Crippen molar-refractivity contribution in [3.8, 4) is 0 Å². The van der Waals surface area contributed by atoms with Crippen LogP contribution in [0.4, 0.5) is 0 Å². The van der Waals surface area contributed by atoms with Crippen molar-refractivity contribution in [1.29, 1.82) is 0 Å². The van der Waals surface area contributed by atoms with Crippen LogP contribution in [0.15, 0.2) is 0 Å². The Kier molecular flexibility index (Phi) is 1.67. The van der Waals surface area contributed by atoms with Gasteiger partial charge in [0.25, 0.3) is 0 Å². The van der Waals surface area contributed by atoms with E-state index in [1.807, 2.05) is 0 Å². The van der Waals surface area contributed by atoms with Gasteiger partial charge in [-0.3, -0.25) is 0 Å². The van der Waals surface area contributed by atoms with Crippen molar-refractivity contribution < 1.29 is 13.9 Å². The van der Waals surface area contributed by atoms with Gasteiger partial charge in [0.2, 0.25) is 0 Å². The first-order valence-electron chi connectivity index (χ1n) is 1.63. The van der Waals surface area contributed by atoms with Crippen LogP contribution in [0.25, 0.3) is 0 Å². The first kappa shape index (κ1) is 7.60. The fraction of sp³-hybridized carbons (Fsp3) is 1.00. The molecule has 0 atom stereocenters. The van der Waals surface area contributed by atoms with Crippen molar-refractivity contribution in [2.75, 3.05) is 13.3 Å². The second kappa shape index (κ2) is 1.54. The third-order valence-electron chi connectivity index (χ3n) is 0.200. The Morgan fingerprint density at radius 3 is 1.57 bits per heavy atom. The van der Waals surface area contributed by atoms with Gasteiger partial charge in [0.1, 0.15) is 0 Å². The molecule has 7 heavy (non-hydrogen) atoms. The van der Waals surface area contributed by atoms with E-state index in [1.54, 1.807) is 0 Å². The zero-order valence-corrected chi connectivity index (χ0v) is 5.78. The molecule has 5 heteroatoms. The van der Waals surface area contributed by atoms with Gasteiger partial charge in [0, 0.05) is 0 Å². The molecule has 0 fully saturated rings. The van der Waals surface area contributed by atoms with E-state index in [2.05, 4.69) is 15.9 Å². The number of rotatable bonds is 1. The first-order chi connectivity index (χ1) is 2.81. The van der Waals surface area contributed by atoms with Gasteiger partial charge >= 0.3 is 46.3 Å². The Hall–Kier alpha value is 0.600. The molecule has 0 aromatic rings. The van der Waals surface area contributed by atoms with Gasteiger partial charge in [-0.05, 0) is 0 Å². The Morgan fingerprint density at radius 2 is 1.57 bits per heavy atom. The molecule has 46 valence electrons. The van der Waals surface area contributed by atoms with E-state index in [4.69, 9.17) is 9.79 Å². The van der Waals surface area contributed by atoms with E-state index in [1.165, 1.54) is 0 Å². The molecule has 0 spiro atoms. The molecule has 0 bridgehead atoms. The normalized spacial score (nSPS) is 18.1. The summed E-state index contributed by atoms with van der Waals surface area (Å²) >= 11 is 4.68. The topological polar surface area (TPSA) is 49.7 Å². The molecule has 0 heterocycles. The second-order valence-electron chi connectivity index (χ2n) is 1.93. The van der Waals surface area contributed by atoms with E-state index in [-0.39, 0.29) is 0 Å². The van der Waals surface area contributed by atoms with E-state index in [9.17, 15) is 0 Å². The van der Waals surface area contributed by atoms with Crippen molar-refractivity contribution in [3.05, 3.63) is 0 Å². The molecule has 0 saturated carbocycles. The molecule has 0 aliphatic carbocycles. The van der Waals surface area contributed by atoms with Crippen LogP contribution in [0.1, 0.15) is 0 Å². The third kappa shape index (κ3) is 6.60. The molecule has 0 aromatic carbocycles. The molecule has 0 rings (SSSR count). The van der Waals surface area contributed by atoms with Crippen molar-refractivity contribution >= 4 is 19.2 Å². The van der Waals surface area contributed by atoms with E-state index < -0.39 is 7.28 Å². The molecular formula is C2H8ClO3P. The summed E-state index contributed by atoms with van der Waals surface area (Å²) in [6, 6.07) is 0. The number of hydrogen-bond acceptors (Lipinski definition) is 3. The molecule has 0 amide bonds. The fourth-order valence-corrected chi connectivity index (χ4v) is 0. The van der Waals surface area contributed by atoms with Crippen LogP contribution >= 0.6 is 19.2 Å². The van der Waals surface area contributed by atoms with E-state index >= 15 is 0 Å². The molecule has 0 aliphatic heterocycles. The van der Waals surface area contributed by atoms with Crippen LogP contribution in [-0.2, 0) is 4.08 Å². The standard InChI is InChI=1S/C2H8ClO3P/c1-7(2,4,5)6-3/h4-5H,1-2H3. The fourth-order valence-electron chi connectivity index (χ4n) is 0. The van der Waals surface area contributed by atoms with Crippen LogP contribution in [0, 0.1) is 0 Å². The Balaban J connectivity index is 3.83. The van der Waals surface area contributed by atoms with E-state index in [0.717, 1.165) is 13.3 Å². The van der Waals surface area contributed by atoms with Crippen LogP contribution in [0.3, 0.4) is 0 Å². The minimum atomic E-state index is -3.81. The average molecular weight is 147 g/mol. The molecule has 0 saturated heterocycles. The van der Waals surface area contributed by atoms with Gasteiger partial charge in [0.15, 0.2) is 0 Å². The summed E-state index contributed by atoms with van der Waals surface area (Å²) in [6.07, 6.45) is 0. The van der Waals surface area contributed by atoms with Gasteiger partial charge in [-0.2, -0.15) is 0 Å². The molecule has 0 aliphatic rings. The zero-order chi connectivity index (χ0) is 6.15. The minimum absolute atomic E-state index is 1.15. The predicted octanol–water partition coefficient (Wildman–Crippen LogP) is 0.699. The molecule has 2 N–H and O–H groups in total. The van der Waals surface area contributed by atoms with Crippen molar-refractivity contribution in [1.82, 2.24) is 0 Å². The molecule has 0 radical (unpaired) electrons. The summed E-state index contributed by atoms with van der Waals surface area (Å²) in [7, 11) is -3.81. The van der Waals surface area contributed by atoms with Crippen LogP contribution < -0.4 is 0 Å². The Morgan fingerprint density at radius 1 is 1.43 bits per heavy atom. The van der Waals surface area contributed by atoms with Crippen LogP contribution in [0.2, 0.25) is 0 Å². The van der Waals surface area contributed by atoms with Gasteiger partial charge in [-0.25, -0.2) is 0 Å². The monoisotopic (exact) mass is 146 g/mol. The summed E-state index contributed by atoms with van der Waals surface area (Å²) in [5, 5.41) is 0. The van der Waals surface area contributed by atoms with Crippen LogP contribution in [0.5, 0.6) is 0 Å². The Bertz CT molecular complexity index is 65.5. The number of halogens is 1. The van der Waals surface area contributed by atoms with Crippen molar-refractivity contribution in [2.45, 2.75) is 0 Å². The van der Waals surface area contributed by atoms with Crippen molar-refractivity contribution in [2.24, 2.45) is 0 Å². The predicted molar refractivity (Wildman–Crippen MR) is 30.1 cm³/mol. The van der Waals surface area contributed by atoms with Gasteiger partial charge in [-0.1, -0.05) is 0 Å². The van der Waals surface area contributed by atoms with Gasteiger partial charge < -0.3 is 0 Å². The van der Waals surface area contributed by atoms with Gasteiger partial charge in [-0.15, -0.1) is 0 Å². The number of hydrogen-bond donors (Lipinski definition) is 2. The second-order valence-corrected chi connectivity index (χ2v) is 6.22. The zero-order valence-electron chi connectivity index (χ0n) is 4.13. The first-order valence-corrected chi connectivity index (χ1v) is 4.89. The average Bonchev–Trinajstić information content (AvgIpc) is 1.32. The SMILES string of the molecule is CP(C)(O)(O)OCl. The quantitative estimate of drug-likeness (QED) is 0.536. The summed E-state index contributed by atoms with van der Waals surface area (Å²) in [5.74, 6) is 0. The summed E-state index contributed by atoms with van der Waals surface area (Å²) in [6.45, 7) is 2.30. The van der Waals surface area contributed by atoms with Crippen molar-refractivity contribution in [3.63, 3.8) is 0 Å². The third-order valence-corrected chi connectivity index (χ3v) is 1.80. The van der Waals surface area contributed by atoms with E-state index in [0.29, 0.717) is 0 Å². The van der Waals surface area contributed by atoms with Gasteiger partial charge in [0.05, 0.1) is 0 Å². The molecule has 3 nitrogen and oxygen atoms in total.